The van der Waals surface area contributed by atoms with Crippen LogP contribution in [0.2, 0.25) is 4.34 Å². The molecule has 5 aromatic rings. The highest BCUT2D eigenvalue weighted by molar-refractivity contribution is 7.18. The van der Waals surface area contributed by atoms with E-state index in [-0.39, 0.29) is 10.9 Å². The van der Waals surface area contributed by atoms with Crippen LogP contribution in [0.4, 0.5) is 0 Å². The molecule has 0 radical (unpaired) electrons. The van der Waals surface area contributed by atoms with Gasteiger partial charge in [-0.3, -0.25) is 4.79 Å². The number of aromatic nitrogens is 3. The molecular weight excluding hydrogens is 454 g/mol. The molecule has 0 aliphatic carbocycles. The Labute approximate surface area is 199 Å². The lowest BCUT2D eigenvalue weighted by molar-refractivity contribution is 0.0930. The van der Waals surface area contributed by atoms with Gasteiger partial charge in [0.05, 0.1) is 23.8 Å². The fraction of sp³-hybridized carbons (Fsp3) is 0.0800. The average molecular weight is 474 g/mol. The largest absolute Gasteiger partial charge is 0.341 e. The summed E-state index contributed by atoms with van der Waals surface area (Å²) in [4.78, 5) is 17.8. The number of amides is 1. The lowest BCUT2D eigenvalue weighted by atomic mass is 9.94. The first-order valence-corrected chi connectivity index (χ1v) is 11.6. The van der Waals surface area contributed by atoms with Gasteiger partial charge in [0.2, 0.25) is 0 Å². The summed E-state index contributed by atoms with van der Waals surface area (Å²) >= 11 is 7.65. The maximum absolute atomic E-state index is 13.3. The molecule has 2 aromatic carbocycles. The highest BCUT2D eigenvalue weighted by Crippen LogP contribution is 2.35. The van der Waals surface area contributed by atoms with Gasteiger partial charge in [-0.05, 0) is 23.3 Å². The Morgan fingerprint density at radius 1 is 0.970 bits per heavy atom. The van der Waals surface area contributed by atoms with Gasteiger partial charge in [-0.2, -0.15) is 5.10 Å². The molecular formula is C25H20ClN5OS. The van der Waals surface area contributed by atoms with Gasteiger partial charge in [0.1, 0.15) is 10.0 Å². The van der Waals surface area contributed by atoms with Crippen molar-refractivity contribution in [2.24, 2.45) is 5.73 Å². The summed E-state index contributed by atoms with van der Waals surface area (Å²) in [5, 5.41) is 7.69. The Morgan fingerprint density at radius 2 is 1.64 bits per heavy atom. The predicted molar refractivity (Wildman–Crippen MR) is 131 cm³/mol. The van der Waals surface area contributed by atoms with Crippen molar-refractivity contribution in [3.63, 3.8) is 0 Å². The van der Waals surface area contributed by atoms with E-state index in [0.717, 1.165) is 33.5 Å². The van der Waals surface area contributed by atoms with Crippen molar-refractivity contribution in [3.8, 4) is 11.3 Å². The van der Waals surface area contributed by atoms with Crippen LogP contribution in [0.15, 0.2) is 91.3 Å². The first-order chi connectivity index (χ1) is 16.1. The molecule has 0 fully saturated rings. The number of nitrogens with two attached hydrogens (primary N) is 1. The van der Waals surface area contributed by atoms with Gasteiger partial charge in [-0.15, -0.1) is 0 Å². The van der Waals surface area contributed by atoms with Crippen LogP contribution in [0.5, 0.6) is 0 Å². The Bertz CT molecular complexity index is 1400. The molecule has 0 aliphatic rings. The summed E-state index contributed by atoms with van der Waals surface area (Å²) in [7, 11) is 0. The number of fused-ring (bicyclic) bond motifs is 1. The van der Waals surface area contributed by atoms with Crippen LogP contribution in [0.3, 0.4) is 0 Å². The molecule has 0 saturated carbocycles. The van der Waals surface area contributed by atoms with Gasteiger partial charge in [-0.1, -0.05) is 89.7 Å². The van der Waals surface area contributed by atoms with Crippen molar-refractivity contribution in [2.45, 2.75) is 12.1 Å². The number of pyridine rings is 1. The number of hydrogen-bond donors (Lipinski definition) is 2. The minimum atomic E-state index is -0.441. The van der Waals surface area contributed by atoms with E-state index in [0.29, 0.717) is 10.0 Å². The summed E-state index contributed by atoms with van der Waals surface area (Å²) < 4.78 is 2.18. The molecule has 8 heteroatoms. The van der Waals surface area contributed by atoms with Crippen LogP contribution in [-0.2, 0) is 0 Å². The van der Waals surface area contributed by atoms with E-state index in [2.05, 4.69) is 15.4 Å². The first kappa shape index (κ1) is 21.3. The number of benzene rings is 2. The molecule has 1 amide bonds. The van der Waals surface area contributed by atoms with Crippen LogP contribution < -0.4 is 11.1 Å². The number of carbonyl (C=O) groups is 1. The highest BCUT2D eigenvalue weighted by atomic mass is 35.5. The normalized spacial score (nSPS) is 13.0. The van der Waals surface area contributed by atoms with Crippen LogP contribution in [0, 0.1) is 0 Å². The molecule has 0 spiro atoms. The second-order valence-electron chi connectivity index (χ2n) is 7.53. The molecule has 2 unspecified atom stereocenters. The third-order valence-electron chi connectivity index (χ3n) is 5.45. The molecule has 2 atom stereocenters. The van der Waals surface area contributed by atoms with E-state index in [1.165, 1.54) is 0 Å². The molecule has 164 valence electrons. The zero-order chi connectivity index (χ0) is 22.8. The van der Waals surface area contributed by atoms with E-state index in [4.69, 9.17) is 17.3 Å². The molecule has 0 bridgehead atoms. The Morgan fingerprint density at radius 3 is 2.36 bits per heavy atom. The smallest absolute Gasteiger partial charge is 0.280 e. The second-order valence-corrected chi connectivity index (χ2v) is 9.13. The van der Waals surface area contributed by atoms with Crippen molar-refractivity contribution in [1.82, 2.24) is 19.9 Å². The fourth-order valence-electron chi connectivity index (χ4n) is 3.79. The number of carbonyl (C=O) groups excluding carboxylic acids is 1. The molecule has 3 aromatic heterocycles. The van der Waals surface area contributed by atoms with E-state index in [9.17, 15) is 4.79 Å². The van der Waals surface area contributed by atoms with Gasteiger partial charge in [-0.25, -0.2) is 9.50 Å². The topological polar surface area (TPSA) is 85.3 Å². The number of thiazole rings is 1. The highest BCUT2D eigenvalue weighted by Gasteiger charge is 2.26. The fourth-order valence-corrected chi connectivity index (χ4v) is 4.87. The quantitative estimate of drug-likeness (QED) is 0.351. The van der Waals surface area contributed by atoms with Gasteiger partial charge >= 0.3 is 0 Å². The summed E-state index contributed by atoms with van der Waals surface area (Å²) in [5.41, 5.74) is 10.6. The van der Waals surface area contributed by atoms with Crippen molar-refractivity contribution in [3.05, 3.63) is 112 Å². The third kappa shape index (κ3) is 4.26. The van der Waals surface area contributed by atoms with Gasteiger partial charge < -0.3 is 11.1 Å². The number of nitrogens with zero attached hydrogens (tertiary/aromatic N) is 3. The van der Waals surface area contributed by atoms with E-state index >= 15 is 0 Å². The van der Waals surface area contributed by atoms with E-state index in [1.807, 2.05) is 85.1 Å². The van der Waals surface area contributed by atoms with Gasteiger partial charge in [0, 0.05) is 11.8 Å². The number of hydrogen-bond acceptors (Lipinski definition) is 5. The Balaban J connectivity index is 1.46. The van der Waals surface area contributed by atoms with Crippen molar-refractivity contribution in [2.75, 3.05) is 0 Å². The number of rotatable bonds is 6. The van der Waals surface area contributed by atoms with Crippen molar-refractivity contribution < 1.29 is 4.79 Å². The number of halogens is 1. The Hall–Kier alpha value is -3.52. The zero-order valence-corrected chi connectivity index (χ0v) is 19.0. The minimum Gasteiger partial charge on any atom is -0.341 e. The average Bonchev–Trinajstić information content (AvgIpc) is 3.46. The van der Waals surface area contributed by atoms with Crippen LogP contribution in [0.25, 0.3) is 16.8 Å². The standard InChI is InChI=1S/C25H20ClN5OS/c26-23-22(18-15-28-31-14-8-7-13-19(18)31)30-25(33-23)24(32)29-21(17-11-5-2-6-12-17)20(27)16-9-3-1-4-10-16/h1-15,20-21H,27H2,(H,29,32). The SMILES string of the molecule is NC(c1ccccc1)C(NC(=O)c1nc(-c2cnn3ccccc23)c(Cl)s1)c1ccccc1. The molecule has 5 rings (SSSR count). The second kappa shape index (κ2) is 9.15. The summed E-state index contributed by atoms with van der Waals surface area (Å²) in [5.74, 6) is -0.329. The van der Waals surface area contributed by atoms with Crippen LogP contribution >= 0.6 is 22.9 Å². The van der Waals surface area contributed by atoms with E-state index < -0.39 is 12.1 Å². The van der Waals surface area contributed by atoms with Crippen molar-refractivity contribution >= 4 is 34.4 Å². The van der Waals surface area contributed by atoms with Crippen LogP contribution in [-0.4, -0.2) is 20.5 Å². The monoisotopic (exact) mass is 473 g/mol. The maximum atomic E-state index is 13.3. The molecule has 0 aliphatic heterocycles. The minimum absolute atomic E-state index is 0.270. The summed E-state index contributed by atoms with van der Waals surface area (Å²) in [6.45, 7) is 0. The first-order valence-electron chi connectivity index (χ1n) is 10.4. The van der Waals surface area contributed by atoms with Gasteiger partial charge in [0.25, 0.3) is 5.91 Å². The molecule has 0 saturated heterocycles. The van der Waals surface area contributed by atoms with Crippen molar-refractivity contribution in [1.29, 1.82) is 0 Å². The van der Waals surface area contributed by atoms with Gasteiger partial charge in [0.15, 0.2) is 5.01 Å². The number of nitrogens with one attached hydrogen (secondary N) is 1. The molecule has 3 heterocycles. The Kier molecular flexibility index (Phi) is 5.92. The lowest BCUT2D eigenvalue weighted by Gasteiger charge is -2.25. The maximum Gasteiger partial charge on any atom is 0.280 e. The third-order valence-corrected chi connectivity index (χ3v) is 6.70. The molecule has 33 heavy (non-hydrogen) atoms. The van der Waals surface area contributed by atoms with Crippen LogP contribution in [0.1, 0.15) is 33.0 Å². The predicted octanol–water partition coefficient (Wildman–Crippen LogP) is 5.28. The lowest BCUT2D eigenvalue weighted by Crippen LogP contribution is -2.36. The molecule has 6 nitrogen and oxygen atoms in total. The zero-order valence-electron chi connectivity index (χ0n) is 17.4. The van der Waals surface area contributed by atoms with E-state index in [1.54, 1.807) is 10.7 Å². The summed E-state index contributed by atoms with van der Waals surface area (Å²) in [6, 6.07) is 24.3. The molecule has 3 N–H and O–H groups in total. The summed E-state index contributed by atoms with van der Waals surface area (Å²) in [6.07, 6.45) is 3.55.